The summed E-state index contributed by atoms with van der Waals surface area (Å²) in [7, 11) is 3.44. The van der Waals surface area contributed by atoms with Crippen molar-refractivity contribution in [3.05, 3.63) is 65.4 Å². The molecule has 1 heterocycles. The molecule has 0 N–H and O–H groups in total. The summed E-state index contributed by atoms with van der Waals surface area (Å²) >= 11 is 7.41. The number of carbonyl (C=O) groups excluding carboxylic acids is 1. The van der Waals surface area contributed by atoms with Crippen molar-refractivity contribution in [1.82, 2.24) is 19.7 Å². The lowest BCUT2D eigenvalue weighted by Crippen LogP contribution is -2.31. The number of hydrogen-bond donors (Lipinski definition) is 0. The number of methoxy groups -OCH3 is 1. The molecule has 146 valence electrons. The molecule has 1 atom stereocenters. The van der Waals surface area contributed by atoms with Gasteiger partial charge in [0.15, 0.2) is 5.16 Å². The number of hydrogen-bond acceptors (Lipinski definition) is 5. The molecule has 28 heavy (non-hydrogen) atoms. The van der Waals surface area contributed by atoms with Crippen LogP contribution in [-0.2, 0) is 4.79 Å². The Hall–Kier alpha value is -2.51. The number of aromatic nitrogens is 3. The molecule has 0 aliphatic rings. The number of thioether (sulfide) groups is 1. The Kier molecular flexibility index (Phi) is 6.59. The highest BCUT2D eigenvalue weighted by Gasteiger charge is 2.19. The Morgan fingerprint density at radius 2 is 2.04 bits per heavy atom. The normalized spacial score (nSPS) is 11.9. The van der Waals surface area contributed by atoms with E-state index in [9.17, 15) is 4.79 Å². The first-order chi connectivity index (χ1) is 13.5. The first kappa shape index (κ1) is 20.2. The molecule has 1 aromatic heterocycles. The molecule has 0 aliphatic heterocycles. The first-order valence-electron chi connectivity index (χ1n) is 8.68. The van der Waals surface area contributed by atoms with Gasteiger partial charge >= 0.3 is 0 Å². The highest BCUT2D eigenvalue weighted by atomic mass is 35.5. The monoisotopic (exact) mass is 416 g/mol. The van der Waals surface area contributed by atoms with Crippen LogP contribution in [0.2, 0.25) is 5.02 Å². The van der Waals surface area contributed by atoms with Gasteiger partial charge in [-0.1, -0.05) is 41.6 Å². The van der Waals surface area contributed by atoms with Gasteiger partial charge in [0.25, 0.3) is 0 Å². The summed E-state index contributed by atoms with van der Waals surface area (Å²) in [4.78, 5) is 14.4. The second-order valence-electron chi connectivity index (χ2n) is 6.21. The quantitative estimate of drug-likeness (QED) is 0.539. The minimum atomic E-state index is -0.0511. The fourth-order valence-corrected chi connectivity index (χ4v) is 3.71. The average molecular weight is 417 g/mol. The number of halogens is 1. The molecule has 1 unspecified atom stereocenters. The van der Waals surface area contributed by atoms with E-state index in [1.54, 1.807) is 31.5 Å². The number of benzene rings is 2. The minimum Gasteiger partial charge on any atom is -0.497 e. The summed E-state index contributed by atoms with van der Waals surface area (Å²) in [5.74, 6) is 1.06. The third kappa shape index (κ3) is 4.66. The highest BCUT2D eigenvalue weighted by molar-refractivity contribution is 7.99. The molecular weight excluding hydrogens is 396 g/mol. The van der Waals surface area contributed by atoms with Crippen LogP contribution in [-0.4, -0.2) is 45.5 Å². The van der Waals surface area contributed by atoms with Gasteiger partial charge in [0.05, 0.1) is 24.6 Å². The third-order valence-electron chi connectivity index (χ3n) is 4.50. The average Bonchev–Trinajstić information content (AvgIpc) is 3.19. The maximum Gasteiger partial charge on any atom is 0.233 e. The third-order valence-corrected chi connectivity index (χ3v) is 5.66. The lowest BCUT2D eigenvalue weighted by Gasteiger charge is -2.25. The molecule has 6 nitrogen and oxygen atoms in total. The van der Waals surface area contributed by atoms with Gasteiger partial charge in [-0.3, -0.25) is 9.36 Å². The van der Waals surface area contributed by atoms with Crippen molar-refractivity contribution in [1.29, 1.82) is 0 Å². The summed E-state index contributed by atoms with van der Waals surface area (Å²) in [6.07, 6.45) is 1.61. The zero-order valence-electron chi connectivity index (χ0n) is 15.9. The predicted molar refractivity (Wildman–Crippen MR) is 111 cm³/mol. The Labute approximate surface area is 173 Å². The van der Waals surface area contributed by atoms with Gasteiger partial charge in [0.2, 0.25) is 5.91 Å². The molecule has 0 spiro atoms. The fraction of sp³-hybridized carbons (Fsp3) is 0.250. The van der Waals surface area contributed by atoms with Crippen molar-refractivity contribution in [2.75, 3.05) is 19.9 Å². The molecule has 8 heteroatoms. The van der Waals surface area contributed by atoms with Crippen LogP contribution >= 0.6 is 23.4 Å². The summed E-state index contributed by atoms with van der Waals surface area (Å²) in [6.45, 7) is 2.00. The van der Waals surface area contributed by atoms with Gasteiger partial charge < -0.3 is 9.64 Å². The van der Waals surface area contributed by atoms with Gasteiger partial charge in [0, 0.05) is 12.1 Å². The molecule has 0 bridgehead atoms. The zero-order valence-corrected chi connectivity index (χ0v) is 17.4. The molecule has 3 aromatic rings. The Morgan fingerprint density at radius 1 is 1.29 bits per heavy atom. The number of amides is 1. The molecule has 0 aliphatic carbocycles. The first-order valence-corrected chi connectivity index (χ1v) is 10.0. The molecule has 2 aromatic carbocycles. The van der Waals surface area contributed by atoms with Gasteiger partial charge in [-0.15, -0.1) is 10.2 Å². The highest BCUT2D eigenvalue weighted by Crippen LogP contribution is 2.25. The predicted octanol–water partition coefficient (Wildman–Crippen LogP) is 4.24. The van der Waals surface area contributed by atoms with E-state index < -0.39 is 0 Å². The van der Waals surface area contributed by atoms with Gasteiger partial charge in [-0.05, 0) is 42.8 Å². The molecule has 0 radical (unpaired) electrons. The van der Waals surface area contributed by atoms with Crippen LogP contribution in [0, 0.1) is 0 Å². The van der Waals surface area contributed by atoms with Crippen molar-refractivity contribution in [3.8, 4) is 11.4 Å². The van der Waals surface area contributed by atoms with Crippen LogP contribution in [0.15, 0.2) is 60.0 Å². The van der Waals surface area contributed by atoms with Crippen molar-refractivity contribution in [2.45, 2.75) is 18.1 Å². The number of carbonyl (C=O) groups is 1. The molecule has 0 saturated heterocycles. The van der Waals surface area contributed by atoms with E-state index in [1.807, 2.05) is 54.0 Å². The minimum absolute atomic E-state index is 0.00830. The Balaban J connectivity index is 1.64. The fourth-order valence-electron chi connectivity index (χ4n) is 2.68. The Morgan fingerprint density at radius 3 is 2.71 bits per heavy atom. The lowest BCUT2D eigenvalue weighted by molar-refractivity contribution is -0.128. The van der Waals surface area contributed by atoms with E-state index in [2.05, 4.69) is 10.2 Å². The van der Waals surface area contributed by atoms with Crippen molar-refractivity contribution >= 4 is 29.3 Å². The van der Waals surface area contributed by atoms with Crippen LogP contribution in [0.3, 0.4) is 0 Å². The van der Waals surface area contributed by atoms with E-state index in [0.29, 0.717) is 10.2 Å². The molecular formula is C20H21ClN4O2S. The maximum atomic E-state index is 12.7. The largest absolute Gasteiger partial charge is 0.497 e. The molecule has 0 saturated carbocycles. The lowest BCUT2D eigenvalue weighted by atomic mass is 10.1. The summed E-state index contributed by atoms with van der Waals surface area (Å²) in [5, 5.41) is 9.36. The zero-order chi connectivity index (χ0) is 20.1. The van der Waals surface area contributed by atoms with E-state index in [0.717, 1.165) is 17.0 Å². The van der Waals surface area contributed by atoms with Crippen LogP contribution in [0.25, 0.3) is 5.69 Å². The maximum absolute atomic E-state index is 12.7. The number of rotatable bonds is 7. The number of ether oxygens (including phenoxy) is 1. The summed E-state index contributed by atoms with van der Waals surface area (Å²) in [6, 6.07) is 15.1. The van der Waals surface area contributed by atoms with E-state index in [1.165, 1.54) is 11.8 Å². The van der Waals surface area contributed by atoms with Gasteiger partial charge in [-0.2, -0.15) is 0 Å². The topological polar surface area (TPSA) is 60.2 Å². The van der Waals surface area contributed by atoms with Crippen molar-refractivity contribution in [3.63, 3.8) is 0 Å². The van der Waals surface area contributed by atoms with Crippen LogP contribution in [0.1, 0.15) is 18.5 Å². The smallest absolute Gasteiger partial charge is 0.233 e. The summed E-state index contributed by atoms with van der Waals surface area (Å²) < 4.78 is 7.00. The molecule has 1 amide bonds. The van der Waals surface area contributed by atoms with Crippen molar-refractivity contribution in [2.24, 2.45) is 0 Å². The SMILES string of the molecule is COc1ccc(C(C)N(C)C(=O)CSc2nncn2-c2cccc(Cl)c2)cc1. The second kappa shape index (κ2) is 9.12. The van der Waals surface area contributed by atoms with Crippen molar-refractivity contribution < 1.29 is 9.53 Å². The summed E-state index contributed by atoms with van der Waals surface area (Å²) in [5.41, 5.74) is 1.90. The van der Waals surface area contributed by atoms with Crippen LogP contribution in [0.5, 0.6) is 5.75 Å². The standard InChI is InChI=1S/C20H21ClN4O2S/c1-14(15-7-9-18(27-3)10-8-15)24(2)19(26)12-28-20-23-22-13-25(20)17-6-4-5-16(21)11-17/h4-11,13-14H,12H2,1-3H3. The van der Waals surface area contributed by atoms with Crippen LogP contribution < -0.4 is 4.74 Å². The number of nitrogens with zero attached hydrogens (tertiary/aromatic N) is 4. The van der Waals surface area contributed by atoms with Gasteiger partial charge in [-0.25, -0.2) is 0 Å². The molecule has 0 fully saturated rings. The molecule has 3 rings (SSSR count). The van der Waals surface area contributed by atoms with E-state index >= 15 is 0 Å². The second-order valence-corrected chi connectivity index (χ2v) is 7.58. The van der Waals surface area contributed by atoms with Crippen LogP contribution in [0.4, 0.5) is 0 Å². The van der Waals surface area contributed by atoms with E-state index in [4.69, 9.17) is 16.3 Å². The Bertz CT molecular complexity index is 945. The van der Waals surface area contributed by atoms with E-state index in [-0.39, 0.29) is 17.7 Å². The van der Waals surface area contributed by atoms with Gasteiger partial charge in [0.1, 0.15) is 12.1 Å².